The predicted octanol–water partition coefficient (Wildman–Crippen LogP) is 2.92. The van der Waals surface area contributed by atoms with Crippen LogP contribution in [0, 0.1) is 0 Å². The fourth-order valence-electron chi connectivity index (χ4n) is 0.854. The van der Waals surface area contributed by atoms with E-state index in [1.807, 2.05) is 0 Å². The van der Waals surface area contributed by atoms with Gasteiger partial charge in [-0.1, -0.05) is 0 Å². The van der Waals surface area contributed by atoms with Gasteiger partial charge in [-0.25, -0.2) is 0 Å². The van der Waals surface area contributed by atoms with Crippen LogP contribution in [0.25, 0.3) is 0 Å². The van der Waals surface area contributed by atoms with Gasteiger partial charge in [0.15, 0.2) is 5.78 Å². The lowest BCUT2D eigenvalue weighted by atomic mass is 10.1. The minimum absolute atomic E-state index is 0.0202. The van der Waals surface area contributed by atoms with Crippen molar-refractivity contribution in [1.82, 2.24) is 0 Å². The number of halogens is 1. The van der Waals surface area contributed by atoms with Gasteiger partial charge >= 0.3 is 0 Å². The zero-order valence-electron chi connectivity index (χ0n) is 8.13. The number of rotatable bonds is 3. The van der Waals surface area contributed by atoms with E-state index in [-0.39, 0.29) is 11.7 Å². The number of Topliss-reactive ketones (excluding diaryl/α,β-unsaturated/α-hetero) is 1. The average Bonchev–Trinajstić information content (AvgIpc) is 2.31. The van der Waals surface area contributed by atoms with E-state index >= 15 is 0 Å². The second-order valence-corrected chi connectivity index (χ2v) is 2.55. The number of carbonyl (C=O) groups is 1. The van der Waals surface area contributed by atoms with Crippen molar-refractivity contribution >= 4 is 17.4 Å². The molecule has 1 rings (SSSR count). The van der Waals surface area contributed by atoms with Crippen molar-refractivity contribution in [2.75, 3.05) is 13.0 Å². The van der Waals surface area contributed by atoms with Crippen molar-refractivity contribution in [3.8, 4) is 5.75 Å². The number of methoxy groups -OCH3 is 1. The smallest absolute Gasteiger partial charge is 0.177 e. The van der Waals surface area contributed by atoms with Crippen LogP contribution in [-0.2, 0) is 0 Å². The molecule has 0 saturated heterocycles. The van der Waals surface area contributed by atoms with Gasteiger partial charge in [0.1, 0.15) is 5.75 Å². The molecule has 0 aliphatic rings. The highest BCUT2D eigenvalue weighted by atomic mass is 35.5. The Hall–Kier alpha value is -1.28. The molecule has 0 heterocycles. The Morgan fingerprint density at radius 1 is 1.36 bits per heavy atom. The van der Waals surface area contributed by atoms with Gasteiger partial charge in [-0.2, -0.15) is 0 Å². The molecule has 0 aliphatic carbocycles. The molecule has 0 radical (unpaired) electrons. The van der Waals surface area contributed by atoms with Crippen LogP contribution in [0.5, 0.6) is 5.75 Å². The maximum atomic E-state index is 11.0. The van der Waals surface area contributed by atoms with E-state index in [9.17, 15) is 4.79 Å². The van der Waals surface area contributed by atoms with Crippen molar-refractivity contribution in [2.45, 2.75) is 0 Å². The van der Waals surface area contributed by atoms with Crippen molar-refractivity contribution in [3.05, 3.63) is 43.0 Å². The van der Waals surface area contributed by atoms with Gasteiger partial charge in [-0.3, -0.25) is 4.79 Å². The van der Waals surface area contributed by atoms with Crippen LogP contribution in [-0.4, -0.2) is 18.8 Å². The third-order valence-electron chi connectivity index (χ3n) is 1.53. The summed E-state index contributed by atoms with van der Waals surface area (Å²) in [6.45, 7) is 6.00. The number of alkyl halides is 1. The summed E-state index contributed by atoms with van der Waals surface area (Å²) in [5.41, 5.74) is 0.616. The summed E-state index contributed by atoms with van der Waals surface area (Å²) < 4.78 is 4.94. The molecule has 0 fully saturated rings. The van der Waals surface area contributed by atoms with E-state index in [2.05, 4.69) is 13.2 Å². The van der Waals surface area contributed by atoms with Crippen molar-refractivity contribution in [3.63, 3.8) is 0 Å². The second-order valence-electron chi connectivity index (χ2n) is 2.29. The molecular formula is C11H13ClO2. The van der Waals surface area contributed by atoms with Crippen molar-refractivity contribution < 1.29 is 9.53 Å². The maximum Gasteiger partial charge on any atom is 0.177 e. The van der Waals surface area contributed by atoms with Crippen LogP contribution in [0.1, 0.15) is 10.4 Å². The number of carbonyl (C=O) groups excluding carboxylic acids is 1. The molecule has 1 aromatic rings. The molecule has 0 atom stereocenters. The van der Waals surface area contributed by atoms with E-state index in [1.165, 1.54) is 0 Å². The van der Waals surface area contributed by atoms with Gasteiger partial charge in [0.2, 0.25) is 0 Å². The summed E-state index contributed by atoms with van der Waals surface area (Å²) in [7, 11) is 1.58. The van der Waals surface area contributed by atoms with Crippen molar-refractivity contribution in [2.24, 2.45) is 0 Å². The number of ketones is 1. The highest BCUT2D eigenvalue weighted by molar-refractivity contribution is 6.30. The van der Waals surface area contributed by atoms with Crippen LogP contribution in [0.15, 0.2) is 37.4 Å². The van der Waals surface area contributed by atoms with Crippen LogP contribution in [0.2, 0.25) is 0 Å². The average molecular weight is 213 g/mol. The van der Waals surface area contributed by atoms with Crippen molar-refractivity contribution in [1.29, 1.82) is 0 Å². The molecule has 1 aromatic carbocycles. The summed E-state index contributed by atoms with van der Waals surface area (Å²) in [6, 6.07) is 6.87. The van der Waals surface area contributed by atoms with E-state index in [0.717, 1.165) is 5.75 Å². The van der Waals surface area contributed by atoms with Crippen LogP contribution in [0.3, 0.4) is 0 Å². The Morgan fingerprint density at radius 3 is 2.21 bits per heavy atom. The van der Waals surface area contributed by atoms with E-state index in [1.54, 1.807) is 31.4 Å². The number of ether oxygens (including phenoxy) is 1. The molecule has 0 bridgehead atoms. The second kappa shape index (κ2) is 7.15. The summed E-state index contributed by atoms with van der Waals surface area (Å²) >= 11 is 5.38. The Labute approximate surface area is 89.2 Å². The van der Waals surface area contributed by atoms with Crippen LogP contribution >= 0.6 is 11.6 Å². The molecular weight excluding hydrogens is 200 g/mol. The summed E-state index contributed by atoms with van der Waals surface area (Å²) in [6.07, 6.45) is 0. The monoisotopic (exact) mass is 212 g/mol. The highest BCUT2D eigenvalue weighted by Gasteiger charge is 2.02. The Kier molecular flexibility index (Phi) is 6.50. The molecule has 2 nitrogen and oxygen atoms in total. The van der Waals surface area contributed by atoms with Gasteiger partial charge in [0, 0.05) is 5.56 Å². The largest absolute Gasteiger partial charge is 0.497 e. The third kappa shape index (κ3) is 3.62. The molecule has 0 unspecified atom stereocenters. The van der Waals surface area contributed by atoms with Gasteiger partial charge < -0.3 is 4.74 Å². The molecule has 76 valence electrons. The van der Waals surface area contributed by atoms with Gasteiger partial charge in [0.25, 0.3) is 0 Å². The maximum absolute atomic E-state index is 11.0. The molecule has 14 heavy (non-hydrogen) atoms. The van der Waals surface area contributed by atoms with Crippen LogP contribution < -0.4 is 4.74 Å². The Balaban J connectivity index is 0.000000791. The molecule has 0 saturated carbocycles. The number of benzene rings is 1. The molecule has 0 amide bonds. The first kappa shape index (κ1) is 12.7. The van der Waals surface area contributed by atoms with E-state index in [0.29, 0.717) is 5.56 Å². The Morgan fingerprint density at radius 2 is 1.86 bits per heavy atom. The third-order valence-corrected chi connectivity index (χ3v) is 1.78. The minimum atomic E-state index is -0.0701. The molecule has 3 heteroatoms. The zero-order valence-corrected chi connectivity index (χ0v) is 8.88. The Bertz CT molecular complexity index is 280. The highest BCUT2D eigenvalue weighted by Crippen LogP contribution is 2.11. The number of hydrogen-bond acceptors (Lipinski definition) is 2. The zero-order chi connectivity index (χ0) is 11.0. The minimum Gasteiger partial charge on any atom is -0.497 e. The lowest BCUT2D eigenvalue weighted by molar-refractivity contribution is 0.102. The first-order valence-corrected chi connectivity index (χ1v) is 4.54. The SMILES string of the molecule is C=C.COc1ccc(C(=O)CCl)cc1. The van der Waals surface area contributed by atoms with Gasteiger partial charge in [0.05, 0.1) is 13.0 Å². The fourth-order valence-corrected chi connectivity index (χ4v) is 1.01. The van der Waals surface area contributed by atoms with E-state index in [4.69, 9.17) is 16.3 Å². The molecule has 0 aromatic heterocycles. The summed E-state index contributed by atoms with van der Waals surface area (Å²) in [4.78, 5) is 11.0. The topological polar surface area (TPSA) is 26.3 Å². The summed E-state index contributed by atoms with van der Waals surface area (Å²) in [5.74, 6) is 0.687. The molecule has 0 N–H and O–H groups in total. The number of hydrogen-bond donors (Lipinski definition) is 0. The van der Waals surface area contributed by atoms with Crippen LogP contribution in [0.4, 0.5) is 0 Å². The molecule has 0 aliphatic heterocycles. The van der Waals surface area contributed by atoms with Gasteiger partial charge in [-0.15, -0.1) is 24.8 Å². The van der Waals surface area contributed by atoms with E-state index < -0.39 is 0 Å². The fraction of sp³-hybridized carbons (Fsp3) is 0.182. The summed E-state index contributed by atoms with van der Waals surface area (Å²) in [5, 5.41) is 0. The van der Waals surface area contributed by atoms with Gasteiger partial charge in [-0.05, 0) is 24.3 Å². The molecule has 0 spiro atoms. The predicted molar refractivity (Wildman–Crippen MR) is 59.3 cm³/mol. The first-order valence-electron chi connectivity index (χ1n) is 4.01. The standard InChI is InChI=1S/C9H9ClO2.C2H4/c1-12-8-4-2-7(3-5-8)9(11)6-10;1-2/h2-5H,6H2,1H3;1-2H2. The lowest BCUT2D eigenvalue weighted by Crippen LogP contribution is -1.99. The normalized spacial score (nSPS) is 8.43. The first-order chi connectivity index (χ1) is 6.77. The lowest BCUT2D eigenvalue weighted by Gasteiger charge is -1.99. The quantitative estimate of drug-likeness (QED) is 0.438.